The van der Waals surface area contributed by atoms with Gasteiger partial charge in [0, 0.05) is 17.2 Å². The molecule has 1 rings (SSSR count). The van der Waals surface area contributed by atoms with Crippen LogP contribution in [-0.2, 0) is 0 Å². The highest BCUT2D eigenvalue weighted by atomic mass is 79.9. The molecule has 72 valence electrons. The molecular weight excluding hydrogens is 230 g/mol. The minimum absolute atomic E-state index is 0.555. The Labute approximate surface area is 86.9 Å². The smallest absolute Gasteiger partial charge is 0.146 e. The molecule has 3 nitrogen and oxygen atoms in total. The number of rotatable bonds is 4. The Bertz CT molecular complexity index is 276. The summed E-state index contributed by atoms with van der Waals surface area (Å²) in [5.41, 5.74) is 6.58. The summed E-state index contributed by atoms with van der Waals surface area (Å²) < 4.78 is 0.945. The molecule has 0 spiro atoms. The first-order valence-electron chi connectivity index (χ1n) is 4.39. The molecule has 13 heavy (non-hydrogen) atoms. The summed E-state index contributed by atoms with van der Waals surface area (Å²) in [6.45, 7) is 3.10. The molecule has 0 atom stereocenters. The lowest BCUT2D eigenvalue weighted by Gasteiger charge is -2.07. The fraction of sp³-hybridized carbons (Fsp3) is 0.444. The van der Waals surface area contributed by atoms with Crippen molar-refractivity contribution in [3.8, 4) is 0 Å². The van der Waals surface area contributed by atoms with E-state index in [1.54, 1.807) is 6.20 Å². The van der Waals surface area contributed by atoms with Gasteiger partial charge in [0.15, 0.2) is 0 Å². The van der Waals surface area contributed by atoms with Gasteiger partial charge in [-0.15, -0.1) is 0 Å². The third kappa shape index (κ3) is 3.22. The number of nitrogens with zero attached hydrogens (tertiary/aromatic N) is 1. The quantitative estimate of drug-likeness (QED) is 0.800. The molecule has 0 saturated carbocycles. The molecule has 0 radical (unpaired) electrons. The molecule has 0 unspecified atom stereocenters. The summed E-state index contributed by atoms with van der Waals surface area (Å²) in [4.78, 5) is 4.03. The lowest BCUT2D eigenvalue weighted by molar-refractivity contribution is 0.834. The zero-order valence-corrected chi connectivity index (χ0v) is 9.26. The molecule has 0 fully saturated rings. The zero-order valence-electron chi connectivity index (χ0n) is 7.68. The second-order valence-corrected chi connectivity index (χ2v) is 3.78. The SMILES string of the molecule is CCCCNc1cc(Br)cnc1N. The number of halogens is 1. The van der Waals surface area contributed by atoms with Gasteiger partial charge < -0.3 is 11.1 Å². The fourth-order valence-corrected chi connectivity index (χ4v) is 1.32. The Morgan fingerprint density at radius 3 is 3.08 bits per heavy atom. The first-order valence-corrected chi connectivity index (χ1v) is 5.18. The molecule has 0 amide bonds. The number of nitrogen functional groups attached to an aromatic ring is 1. The topological polar surface area (TPSA) is 50.9 Å². The maximum Gasteiger partial charge on any atom is 0.146 e. The largest absolute Gasteiger partial charge is 0.382 e. The van der Waals surface area contributed by atoms with Crippen LogP contribution in [-0.4, -0.2) is 11.5 Å². The van der Waals surface area contributed by atoms with Gasteiger partial charge in [0.25, 0.3) is 0 Å². The zero-order chi connectivity index (χ0) is 9.68. The predicted molar refractivity (Wildman–Crippen MR) is 59.7 cm³/mol. The van der Waals surface area contributed by atoms with Crippen LogP contribution in [0.4, 0.5) is 11.5 Å². The molecule has 4 heteroatoms. The molecule has 0 bridgehead atoms. The van der Waals surface area contributed by atoms with Crippen molar-refractivity contribution in [3.05, 3.63) is 16.7 Å². The number of hydrogen-bond acceptors (Lipinski definition) is 3. The van der Waals surface area contributed by atoms with E-state index in [1.807, 2.05) is 6.07 Å². The first-order chi connectivity index (χ1) is 6.24. The van der Waals surface area contributed by atoms with Crippen LogP contribution in [0.5, 0.6) is 0 Å². The number of hydrogen-bond donors (Lipinski definition) is 2. The molecule has 1 aromatic heterocycles. The van der Waals surface area contributed by atoms with Gasteiger partial charge in [0.1, 0.15) is 5.82 Å². The van der Waals surface area contributed by atoms with E-state index in [0.29, 0.717) is 5.82 Å². The van der Waals surface area contributed by atoms with Crippen LogP contribution >= 0.6 is 15.9 Å². The van der Waals surface area contributed by atoms with E-state index in [-0.39, 0.29) is 0 Å². The highest BCUT2D eigenvalue weighted by Gasteiger charge is 1.99. The second kappa shape index (κ2) is 5.07. The molecule has 0 aliphatic heterocycles. The van der Waals surface area contributed by atoms with E-state index in [2.05, 4.69) is 33.2 Å². The highest BCUT2D eigenvalue weighted by molar-refractivity contribution is 9.10. The van der Waals surface area contributed by atoms with Crippen LogP contribution < -0.4 is 11.1 Å². The third-order valence-corrected chi connectivity index (χ3v) is 2.16. The van der Waals surface area contributed by atoms with Crippen LogP contribution in [0.1, 0.15) is 19.8 Å². The van der Waals surface area contributed by atoms with Crippen molar-refractivity contribution in [1.82, 2.24) is 4.98 Å². The lowest BCUT2D eigenvalue weighted by Crippen LogP contribution is -2.04. The molecule has 0 saturated heterocycles. The van der Waals surface area contributed by atoms with Gasteiger partial charge in [-0.25, -0.2) is 4.98 Å². The van der Waals surface area contributed by atoms with Crippen molar-refractivity contribution in [2.24, 2.45) is 0 Å². The summed E-state index contributed by atoms with van der Waals surface area (Å²) in [6, 6.07) is 1.94. The van der Waals surface area contributed by atoms with E-state index in [9.17, 15) is 0 Å². The number of anilines is 2. The minimum atomic E-state index is 0.555. The van der Waals surface area contributed by atoms with Gasteiger partial charge in [-0.1, -0.05) is 13.3 Å². The first kappa shape index (κ1) is 10.3. The molecule has 0 aromatic carbocycles. The summed E-state index contributed by atoms with van der Waals surface area (Å²) in [6.07, 6.45) is 4.01. The molecule has 1 heterocycles. The van der Waals surface area contributed by atoms with Crippen LogP contribution in [0.15, 0.2) is 16.7 Å². The average molecular weight is 244 g/mol. The van der Waals surface area contributed by atoms with Gasteiger partial charge >= 0.3 is 0 Å². The Morgan fingerprint density at radius 2 is 2.38 bits per heavy atom. The van der Waals surface area contributed by atoms with Crippen LogP contribution in [0, 0.1) is 0 Å². The van der Waals surface area contributed by atoms with E-state index in [1.165, 1.54) is 6.42 Å². The summed E-state index contributed by atoms with van der Waals surface area (Å²) in [7, 11) is 0. The van der Waals surface area contributed by atoms with Gasteiger partial charge in [-0.2, -0.15) is 0 Å². The number of unbranched alkanes of at least 4 members (excludes halogenated alkanes) is 1. The molecule has 0 aliphatic carbocycles. The number of nitrogens with one attached hydrogen (secondary N) is 1. The van der Waals surface area contributed by atoms with E-state index in [0.717, 1.165) is 23.1 Å². The average Bonchev–Trinajstić information content (AvgIpc) is 2.11. The van der Waals surface area contributed by atoms with Crippen molar-refractivity contribution >= 4 is 27.4 Å². The second-order valence-electron chi connectivity index (χ2n) is 2.87. The van der Waals surface area contributed by atoms with Crippen molar-refractivity contribution < 1.29 is 0 Å². The normalized spacial score (nSPS) is 10.0. The van der Waals surface area contributed by atoms with E-state index in [4.69, 9.17) is 5.73 Å². The van der Waals surface area contributed by atoms with Gasteiger partial charge in [-0.3, -0.25) is 0 Å². The van der Waals surface area contributed by atoms with E-state index >= 15 is 0 Å². The standard InChI is InChI=1S/C9H14BrN3/c1-2-3-4-12-8-5-7(10)6-13-9(8)11/h5-6,12H,2-4H2,1H3,(H2,11,13). The monoisotopic (exact) mass is 243 g/mol. The highest BCUT2D eigenvalue weighted by Crippen LogP contribution is 2.20. The molecular formula is C9H14BrN3. The lowest BCUT2D eigenvalue weighted by atomic mass is 10.3. The van der Waals surface area contributed by atoms with Crippen LogP contribution in [0.3, 0.4) is 0 Å². The van der Waals surface area contributed by atoms with Crippen LogP contribution in [0.2, 0.25) is 0 Å². The minimum Gasteiger partial charge on any atom is -0.382 e. The third-order valence-electron chi connectivity index (χ3n) is 1.73. The Morgan fingerprint density at radius 1 is 1.62 bits per heavy atom. The van der Waals surface area contributed by atoms with Gasteiger partial charge in [0.05, 0.1) is 5.69 Å². The van der Waals surface area contributed by atoms with Crippen molar-refractivity contribution in [2.75, 3.05) is 17.6 Å². The number of aromatic nitrogens is 1. The summed E-state index contributed by atoms with van der Waals surface area (Å²) in [5.74, 6) is 0.555. The van der Waals surface area contributed by atoms with Crippen molar-refractivity contribution in [2.45, 2.75) is 19.8 Å². The summed E-state index contributed by atoms with van der Waals surface area (Å²) in [5, 5.41) is 3.24. The number of nitrogens with two attached hydrogens (primary N) is 1. The van der Waals surface area contributed by atoms with Crippen molar-refractivity contribution in [1.29, 1.82) is 0 Å². The Kier molecular flexibility index (Phi) is 4.02. The fourth-order valence-electron chi connectivity index (χ4n) is 0.991. The van der Waals surface area contributed by atoms with Crippen LogP contribution in [0.25, 0.3) is 0 Å². The Hall–Kier alpha value is -0.770. The molecule has 0 aliphatic rings. The van der Waals surface area contributed by atoms with E-state index < -0.39 is 0 Å². The Balaban J connectivity index is 2.59. The van der Waals surface area contributed by atoms with Gasteiger partial charge in [0.2, 0.25) is 0 Å². The molecule has 1 aromatic rings. The predicted octanol–water partition coefficient (Wildman–Crippen LogP) is 2.64. The van der Waals surface area contributed by atoms with Gasteiger partial charge in [-0.05, 0) is 28.4 Å². The summed E-state index contributed by atoms with van der Waals surface area (Å²) >= 11 is 3.35. The van der Waals surface area contributed by atoms with Crippen molar-refractivity contribution in [3.63, 3.8) is 0 Å². The molecule has 3 N–H and O–H groups in total. The maximum absolute atomic E-state index is 5.68. The number of pyridine rings is 1. The maximum atomic E-state index is 5.68.